The molecule has 1 aromatic heterocycles. The second-order valence-electron chi connectivity index (χ2n) is 5.79. The van der Waals surface area contributed by atoms with Gasteiger partial charge in [0.05, 0.1) is 19.9 Å². The molecule has 8 heteroatoms. The van der Waals surface area contributed by atoms with Crippen molar-refractivity contribution in [3.05, 3.63) is 68.0 Å². The second kappa shape index (κ2) is 7.77. The van der Waals surface area contributed by atoms with Crippen molar-refractivity contribution >= 4 is 12.3 Å². The Bertz CT molecular complexity index is 1050. The highest BCUT2D eigenvalue weighted by Crippen LogP contribution is 2.28. The number of methoxy groups -OCH3 is 2. The Hall–Kier alpha value is -3.55. The summed E-state index contributed by atoms with van der Waals surface area (Å²) in [6.07, 6.45) is 6.85. The first-order valence-corrected chi connectivity index (χ1v) is 8.23. The van der Waals surface area contributed by atoms with Crippen LogP contribution in [0.25, 0.3) is 6.08 Å². The third-order valence-electron chi connectivity index (χ3n) is 4.15. The molecule has 0 aliphatic carbocycles. The average molecular weight is 369 g/mol. The average Bonchev–Trinajstić information content (AvgIpc) is 3.18. The SMILES string of the molecule is COc1ccc(CCn2c(O)c(/C=C3\C=CC=N3)c(=O)[nH]c2=O)cc1OC. The summed E-state index contributed by atoms with van der Waals surface area (Å²) in [7, 11) is 3.09. The van der Waals surface area contributed by atoms with Gasteiger partial charge in [0.15, 0.2) is 11.5 Å². The summed E-state index contributed by atoms with van der Waals surface area (Å²) in [6.45, 7) is 0.173. The van der Waals surface area contributed by atoms with Crippen molar-refractivity contribution in [1.82, 2.24) is 9.55 Å². The largest absolute Gasteiger partial charge is 0.494 e. The molecule has 27 heavy (non-hydrogen) atoms. The van der Waals surface area contributed by atoms with E-state index in [4.69, 9.17) is 9.47 Å². The molecule has 0 unspecified atom stereocenters. The van der Waals surface area contributed by atoms with Crippen LogP contribution in [0.5, 0.6) is 17.4 Å². The van der Waals surface area contributed by atoms with Gasteiger partial charge in [-0.3, -0.25) is 19.3 Å². The Kier molecular flexibility index (Phi) is 5.25. The standard InChI is InChI=1S/C19H19N3O5/c1-26-15-6-5-12(10-16(15)27-2)7-9-22-18(24)14(17(23)21-19(22)25)11-13-4-3-8-20-13/h3-6,8,10-11,24H,7,9H2,1-2H3,(H,21,23,25)/b13-11+. The zero-order valence-electron chi connectivity index (χ0n) is 14.9. The number of hydrogen-bond acceptors (Lipinski definition) is 6. The van der Waals surface area contributed by atoms with Gasteiger partial charge in [0.2, 0.25) is 5.88 Å². The lowest BCUT2D eigenvalue weighted by Gasteiger charge is -2.12. The predicted molar refractivity (Wildman–Crippen MR) is 102 cm³/mol. The molecule has 0 spiro atoms. The summed E-state index contributed by atoms with van der Waals surface area (Å²) in [5.41, 5.74) is 0.0448. The number of aromatic amines is 1. The number of rotatable bonds is 6. The summed E-state index contributed by atoms with van der Waals surface area (Å²) >= 11 is 0. The normalized spacial score (nSPS) is 14.1. The van der Waals surface area contributed by atoms with E-state index in [1.807, 2.05) is 6.07 Å². The lowest BCUT2D eigenvalue weighted by molar-refractivity contribution is 0.354. The van der Waals surface area contributed by atoms with Gasteiger partial charge in [0.1, 0.15) is 5.56 Å². The number of benzene rings is 1. The summed E-state index contributed by atoms with van der Waals surface area (Å²) in [5, 5.41) is 10.4. The number of aryl methyl sites for hydroxylation is 1. The van der Waals surface area contributed by atoms with E-state index in [-0.39, 0.29) is 12.1 Å². The molecule has 0 atom stereocenters. The lowest BCUT2D eigenvalue weighted by Crippen LogP contribution is -2.31. The van der Waals surface area contributed by atoms with Crippen molar-refractivity contribution < 1.29 is 14.6 Å². The van der Waals surface area contributed by atoms with Gasteiger partial charge in [-0.25, -0.2) is 4.79 Å². The van der Waals surface area contributed by atoms with Crippen LogP contribution in [0.3, 0.4) is 0 Å². The Labute approximate surface area is 154 Å². The van der Waals surface area contributed by atoms with E-state index in [0.717, 1.165) is 10.1 Å². The molecule has 8 nitrogen and oxygen atoms in total. The number of H-pyrrole nitrogens is 1. The van der Waals surface area contributed by atoms with E-state index in [1.54, 1.807) is 44.7 Å². The Morgan fingerprint density at radius 2 is 2.00 bits per heavy atom. The molecule has 2 N–H and O–H groups in total. The van der Waals surface area contributed by atoms with Crippen LogP contribution in [0.15, 0.2) is 50.6 Å². The fourth-order valence-corrected chi connectivity index (χ4v) is 2.74. The van der Waals surface area contributed by atoms with Gasteiger partial charge in [-0.1, -0.05) is 6.07 Å². The number of aromatic hydroxyl groups is 1. The van der Waals surface area contributed by atoms with Crippen LogP contribution >= 0.6 is 0 Å². The fourth-order valence-electron chi connectivity index (χ4n) is 2.74. The second-order valence-corrected chi connectivity index (χ2v) is 5.79. The number of hydrogen-bond donors (Lipinski definition) is 2. The molecular formula is C19H19N3O5. The smallest absolute Gasteiger partial charge is 0.331 e. The van der Waals surface area contributed by atoms with Crippen molar-refractivity contribution in [2.24, 2.45) is 4.99 Å². The molecule has 0 amide bonds. The van der Waals surface area contributed by atoms with Crippen LogP contribution in [0.1, 0.15) is 11.1 Å². The van der Waals surface area contributed by atoms with Crippen molar-refractivity contribution in [1.29, 1.82) is 0 Å². The number of aromatic nitrogens is 2. The van der Waals surface area contributed by atoms with Crippen molar-refractivity contribution in [2.75, 3.05) is 14.2 Å². The van der Waals surface area contributed by atoms with Crippen LogP contribution < -0.4 is 20.7 Å². The van der Waals surface area contributed by atoms with Crippen molar-refractivity contribution in [3.63, 3.8) is 0 Å². The molecule has 3 rings (SSSR count). The first-order valence-electron chi connectivity index (χ1n) is 8.23. The maximum absolute atomic E-state index is 12.1. The maximum atomic E-state index is 12.1. The predicted octanol–water partition coefficient (Wildman–Crippen LogP) is 1.48. The molecule has 0 fully saturated rings. The molecular weight excluding hydrogens is 350 g/mol. The molecule has 0 bridgehead atoms. The highest BCUT2D eigenvalue weighted by Gasteiger charge is 2.14. The quantitative estimate of drug-likeness (QED) is 0.802. The highest BCUT2D eigenvalue weighted by atomic mass is 16.5. The lowest BCUT2D eigenvalue weighted by atomic mass is 10.1. The third-order valence-corrected chi connectivity index (χ3v) is 4.15. The molecule has 1 aromatic carbocycles. The molecule has 2 heterocycles. The summed E-state index contributed by atoms with van der Waals surface area (Å²) in [4.78, 5) is 30.5. The highest BCUT2D eigenvalue weighted by molar-refractivity contribution is 5.79. The molecule has 140 valence electrons. The zero-order valence-corrected chi connectivity index (χ0v) is 14.9. The van der Waals surface area contributed by atoms with Crippen LogP contribution in [-0.4, -0.2) is 35.1 Å². The number of nitrogens with zero attached hydrogens (tertiary/aromatic N) is 2. The number of ether oxygens (including phenoxy) is 2. The molecule has 2 aromatic rings. The van der Waals surface area contributed by atoms with Crippen LogP contribution in [-0.2, 0) is 13.0 Å². The van der Waals surface area contributed by atoms with E-state index in [1.165, 1.54) is 6.08 Å². The van der Waals surface area contributed by atoms with Crippen LogP contribution in [0, 0.1) is 0 Å². The third kappa shape index (κ3) is 3.84. The van der Waals surface area contributed by atoms with Gasteiger partial charge in [0.25, 0.3) is 5.56 Å². The Balaban J connectivity index is 1.90. The molecule has 1 aliphatic rings. The van der Waals surface area contributed by atoms with Gasteiger partial charge in [-0.05, 0) is 42.3 Å². The molecule has 0 saturated heterocycles. The minimum absolute atomic E-state index is 0.0133. The monoisotopic (exact) mass is 369 g/mol. The minimum atomic E-state index is -0.675. The van der Waals surface area contributed by atoms with Crippen molar-refractivity contribution in [2.45, 2.75) is 13.0 Å². The van der Waals surface area contributed by atoms with Gasteiger partial charge in [-0.2, -0.15) is 0 Å². The number of nitrogens with one attached hydrogen (secondary N) is 1. The Morgan fingerprint density at radius 3 is 2.67 bits per heavy atom. The number of aliphatic imine (C=N–C) groups is 1. The van der Waals surface area contributed by atoms with E-state index in [2.05, 4.69) is 9.98 Å². The number of allylic oxidation sites excluding steroid dienone is 2. The van der Waals surface area contributed by atoms with Gasteiger partial charge in [0, 0.05) is 12.8 Å². The Morgan fingerprint density at radius 1 is 1.22 bits per heavy atom. The summed E-state index contributed by atoms with van der Waals surface area (Å²) in [5.74, 6) is 0.779. The van der Waals surface area contributed by atoms with Crippen LogP contribution in [0.2, 0.25) is 0 Å². The van der Waals surface area contributed by atoms with E-state index >= 15 is 0 Å². The van der Waals surface area contributed by atoms with Crippen molar-refractivity contribution in [3.8, 4) is 17.4 Å². The first-order chi connectivity index (χ1) is 13.0. The maximum Gasteiger partial charge on any atom is 0.331 e. The fraction of sp³-hybridized carbons (Fsp3) is 0.211. The van der Waals surface area contributed by atoms with E-state index in [9.17, 15) is 14.7 Å². The molecule has 1 aliphatic heterocycles. The molecule has 0 radical (unpaired) electrons. The summed E-state index contributed by atoms with van der Waals surface area (Å²) in [6, 6.07) is 5.41. The van der Waals surface area contributed by atoms with Gasteiger partial charge in [-0.15, -0.1) is 0 Å². The summed E-state index contributed by atoms with van der Waals surface area (Å²) < 4.78 is 11.6. The van der Waals surface area contributed by atoms with E-state index in [0.29, 0.717) is 23.6 Å². The molecule has 0 saturated carbocycles. The van der Waals surface area contributed by atoms with E-state index < -0.39 is 17.1 Å². The minimum Gasteiger partial charge on any atom is -0.494 e. The zero-order chi connectivity index (χ0) is 19.4. The van der Waals surface area contributed by atoms with Crippen LogP contribution in [0.4, 0.5) is 0 Å². The first kappa shape index (κ1) is 18.2. The van der Waals surface area contributed by atoms with Gasteiger partial charge >= 0.3 is 5.69 Å². The van der Waals surface area contributed by atoms with Gasteiger partial charge < -0.3 is 14.6 Å². The topological polar surface area (TPSA) is 106 Å².